The number of aryl methyl sites for hydroxylation is 1. The molecule has 1 aliphatic rings. The van der Waals surface area contributed by atoms with Crippen LogP contribution in [-0.4, -0.2) is 50.3 Å². The maximum absolute atomic E-state index is 13.6. The van der Waals surface area contributed by atoms with Crippen molar-refractivity contribution in [1.82, 2.24) is 10.2 Å². The van der Waals surface area contributed by atoms with Crippen molar-refractivity contribution in [3.05, 3.63) is 29.6 Å². The highest BCUT2D eigenvalue weighted by Crippen LogP contribution is 2.14. The maximum Gasteiger partial charge on any atom is 0.319 e. The molecule has 0 unspecified atom stereocenters. The Morgan fingerprint density at radius 3 is 3.00 bits per heavy atom. The average Bonchev–Trinajstić information content (AvgIpc) is 2.76. The van der Waals surface area contributed by atoms with Crippen molar-refractivity contribution in [3.8, 4) is 0 Å². The largest absolute Gasteiger partial charge is 0.380 e. The molecular formula is C16H24FN3O2. The lowest BCUT2D eigenvalue weighted by Crippen LogP contribution is -2.38. The van der Waals surface area contributed by atoms with Gasteiger partial charge in [-0.1, -0.05) is 13.0 Å². The molecule has 5 nitrogen and oxygen atoms in total. The van der Waals surface area contributed by atoms with E-state index < -0.39 is 0 Å². The summed E-state index contributed by atoms with van der Waals surface area (Å²) >= 11 is 0. The minimum Gasteiger partial charge on any atom is -0.380 e. The number of nitrogens with one attached hydrogen (secondary N) is 2. The molecule has 0 spiro atoms. The molecular weight excluding hydrogens is 285 g/mol. The van der Waals surface area contributed by atoms with Gasteiger partial charge in [0.25, 0.3) is 0 Å². The van der Waals surface area contributed by atoms with Gasteiger partial charge in [0.15, 0.2) is 0 Å². The van der Waals surface area contributed by atoms with Crippen molar-refractivity contribution in [3.63, 3.8) is 0 Å². The van der Waals surface area contributed by atoms with E-state index in [1.807, 2.05) is 6.92 Å². The summed E-state index contributed by atoms with van der Waals surface area (Å²) < 4.78 is 19.0. The van der Waals surface area contributed by atoms with Crippen molar-refractivity contribution in [2.45, 2.75) is 19.8 Å². The van der Waals surface area contributed by atoms with Crippen LogP contribution in [0.3, 0.4) is 0 Å². The number of hydrogen-bond acceptors (Lipinski definition) is 3. The molecule has 1 aliphatic heterocycles. The molecule has 0 bridgehead atoms. The quantitative estimate of drug-likeness (QED) is 0.877. The second-order valence-electron chi connectivity index (χ2n) is 5.35. The minimum absolute atomic E-state index is 0.287. The van der Waals surface area contributed by atoms with Crippen molar-refractivity contribution in [2.75, 3.05) is 44.7 Å². The Bertz CT molecular complexity index is 488. The summed E-state index contributed by atoms with van der Waals surface area (Å²) in [6.07, 6.45) is 1.66. The molecule has 0 atom stereocenters. The van der Waals surface area contributed by atoms with Gasteiger partial charge in [-0.2, -0.15) is 0 Å². The predicted molar refractivity (Wildman–Crippen MR) is 84.7 cm³/mol. The number of rotatable bonds is 5. The number of halogens is 1. The fraction of sp³-hybridized carbons (Fsp3) is 0.562. The molecule has 1 aromatic rings. The topological polar surface area (TPSA) is 53.6 Å². The van der Waals surface area contributed by atoms with Crippen molar-refractivity contribution < 1.29 is 13.9 Å². The van der Waals surface area contributed by atoms with Crippen LogP contribution in [0, 0.1) is 5.82 Å². The Kier molecular flexibility index (Phi) is 6.61. The summed E-state index contributed by atoms with van der Waals surface area (Å²) in [4.78, 5) is 14.1. The van der Waals surface area contributed by atoms with Gasteiger partial charge in [-0.3, -0.25) is 4.90 Å². The molecule has 2 rings (SSSR count). The first-order chi connectivity index (χ1) is 10.7. The second-order valence-corrected chi connectivity index (χ2v) is 5.35. The number of anilines is 1. The van der Waals surface area contributed by atoms with Crippen LogP contribution in [0.5, 0.6) is 0 Å². The molecule has 122 valence electrons. The Hall–Kier alpha value is -1.66. The van der Waals surface area contributed by atoms with Crippen molar-refractivity contribution in [2.24, 2.45) is 0 Å². The Balaban J connectivity index is 1.72. The smallest absolute Gasteiger partial charge is 0.319 e. The van der Waals surface area contributed by atoms with Crippen molar-refractivity contribution >= 4 is 11.7 Å². The number of benzene rings is 1. The molecule has 2 amide bonds. The zero-order chi connectivity index (χ0) is 15.8. The van der Waals surface area contributed by atoms with E-state index in [0.717, 1.165) is 39.3 Å². The van der Waals surface area contributed by atoms with Gasteiger partial charge in [0, 0.05) is 38.5 Å². The van der Waals surface area contributed by atoms with Gasteiger partial charge in [0.2, 0.25) is 0 Å². The van der Waals surface area contributed by atoms with Crippen LogP contribution in [0.2, 0.25) is 0 Å². The zero-order valence-electron chi connectivity index (χ0n) is 13.0. The molecule has 1 fully saturated rings. The molecule has 1 heterocycles. The Labute approximate surface area is 130 Å². The van der Waals surface area contributed by atoms with Crippen LogP contribution in [-0.2, 0) is 11.2 Å². The number of carbonyl (C=O) groups excluding carboxylic acids is 1. The lowest BCUT2D eigenvalue weighted by Gasteiger charge is -2.19. The molecule has 0 aliphatic carbocycles. The fourth-order valence-corrected chi connectivity index (χ4v) is 2.44. The summed E-state index contributed by atoms with van der Waals surface area (Å²) in [7, 11) is 0. The number of hydrogen-bond donors (Lipinski definition) is 2. The number of nitrogens with zero attached hydrogens (tertiary/aromatic N) is 1. The van der Waals surface area contributed by atoms with Crippen LogP contribution in [0.1, 0.15) is 18.9 Å². The molecule has 1 aromatic carbocycles. The number of carbonyl (C=O) groups is 1. The van der Waals surface area contributed by atoms with Gasteiger partial charge < -0.3 is 15.4 Å². The van der Waals surface area contributed by atoms with E-state index in [0.29, 0.717) is 24.2 Å². The van der Waals surface area contributed by atoms with Gasteiger partial charge in [0.05, 0.1) is 6.61 Å². The van der Waals surface area contributed by atoms with E-state index in [-0.39, 0.29) is 11.8 Å². The van der Waals surface area contributed by atoms with Gasteiger partial charge in [0.1, 0.15) is 5.82 Å². The highest BCUT2D eigenvalue weighted by molar-refractivity contribution is 5.89. The summed E-state index contributed by atoms with van der Waals surface area (Å²) in [5.41, 5.74) is 1.12. The molecule has 0 radical (unpaired) electrons. The van der Waals surface area contributed by atoms with E-state index in [4.69, 9.17) is 4.74 Å². The molecule has 1 saturated heterocycles. The van der Waals surface area contributed by atoms with Gasteiger partial charge in [-0.05, 0) is 30.5 Å². The zero-order valence-corrected chi connectivity index (χ0v) is 13.0. The standard InChI is InChI=1S/C16H24FN3O2/c1-2-13-4-5-14(12-15(13)17)19-16(21)18-6-8-20-7-3-10-22-11-9-20/h4-5,12H,2-3,6-11H2,1H3,(H2,18,19,21). The van der Waals surface area contributed by atoms with E-state index in [2.05, 4.69) is 15.5 Å². The lowest BCUT2D eigenvalue weighted by molar-refractivity contribution is 0.141. The molecule has 0 saturated carbocycles. The third kappa shape index (κ3) is 5.27. The van der Waals surface area contributed by atoms with Crippen LogP contribution >= 0.6 is 0 Å². The maximum atomic E-state index is 13.6. The van der Waals surface area contributed by atoms with Crippen LogP contribution in [0.4, 0.5) is 14.9 Å². The normalized spacial score (nSPS) is 16.1. The highest BCUT2D eigenvalue weighted by atomic mass is 19.1. The third-order valence-electron chi connectivity index (χ3n) is 3.72. The van der Waals surface area contributed by atoms with Crippen LogP contribution < -0.4 is 10.6 Å². The molecule has 22 heavy (non-hydrogen) atoms. The van der Waals surface area contributed by atoms with E-state index in [1.54, 1.807) is 12.1 Å². The SMILES string of the molecule is CCc1ccc(NC(=O)NCCN2CCCOCC2)cc1F. The van der Waals surface area contributed by atoms with E-state index >= 15 is 0 Å². The molecule has 0 aromatic heterocycles. The van der Waals surface area contributed by atoms with Gasteiger partial charge >= 0.3 is 6.03 Å². The van der Waals surface area contributed by atoms with Gasteiger partial charge in [-0.15, -0.1) is 0 Å². The second kappa shape index (κ2) is 8.70. The van der Waals surface area contributed by atoms with Crippen LogP contribution in [0.15, 0.2) is 18.2 Å². The fourth-order valence-electron chi connectivity index (χ4n) is 2.44. The first-order valence-corrected chi connectivity index (χ1v) is 7.82. The summed E-state index contributed by atoms with van der Waals surface area (Å²) in [5, 5.41) is 5.44. The Morgan fingerprint density at radius 1 is 1.36 bits per heavy atom. The number of ether oxygens (including phenoxy) is 1. The van der Waals surface area contributed by atoms with E-state index in [9.17, 15) is 9.18 Å². The molecule has 6 heteroatoms. The lowest BCUT2D eigenvalue weighted by atomic mass is 10.1. The summed E-state index contributed by atoms with van der Waals surface area (Å²) in [5.74, 6) is -0.287. The molecule has 2 N–H and O–H groups in total. The third-order valence-corrected chi connectivity index (χ3v) is 3.72. The predicted octanol–water partition coefficient (Wildman–Crippen LogP) is 2.23. The first kappa shape index (κ1) is 16.7. The number of amides is 2. The van der Waals surface area contributed by atoms with E-state index in [1.165, 1.54) is 6.07 Å². The van der Waals surface area contributed by atoms with Gasteiger partial charge in [-0.25, -0.2) is 9.18 Å². The minimum atomic E-state index is -0.310. The Morgan fingerprint density at radius 2 is 2.23 bits per heavy atom. The number of urea groups is 1. The van der Waals surface area contributed by atoms with Crippen molar-refractivity contribution in [1.29, 1.82) is 0 Å². The van der Waals surface area contributed by atoms with Crippen LogP contribution in [0.25, 0.3) is 0 Å². The first-order valence-electron chi connectivity index (χ1n) is 7.82. The highest BCUT2D eigenvalue weighted by Gasteiger charge is 2.09. The summed E-state index contributed by atoms with van der Waals surface area (Å²) in [6, 6.07) is 4.45. The monoisotopic (exact) mass is 309 g/mol. The average molecular weight is 309 g/mol. The summed E-state index contributed by atoms with van der Waals surface area (Å²) in [6.45, 7) is 6.69.